The lowest BCUT2D eigenvalue weighted by molar-refractivity contribution is -0.124. The van der Waals surface area contributed by atoms with Gasteiger partial charge in [0.05, 0.1) is 6.04 Å². The number of piperidine rings is 1. The van der Waals surface area contributed by atoms with Gasteiger partial charge in [0, 0.05) is 22.3 Å². The van der Waals surface area contributed by atoms with Gasteiger partial charge < -0.3 is 5.32 Å². The van der Waals surface area contributed by atoms with Crippen LogP contribution in [0.15, 0.2) is 12.1 Å². The van der Waals surface area contributed by atoms with Gasteiger partial charge >= 0.3 is 0 Å². The molecule has 1 amide bonds. The fraction of sp³-hybridized carbons (Fsp3) is 0.583. The third kappa shape index (κ3) is 2.62. The molecule has 2 heterocycles. The summed E-state index contributed by atoms with van der Waals surface area (Å²) >= 11 is 1.79. The van der Waals surface area contributed by atoms with E-state index in [4.69, 9.17) is 0 Å². The monoisotopic (exact) mass is 238 g/mol. The quantitative estimate of drug-likeness (QED) is 0.845. The Labute approximate surface area is 100 Å². The van der Waals surface area contributed by atoms with Crippen molar-refractivity contribution in [3.63, 3.8) is 0 Å². The minimum absolute atomic E-state index is 0.0221. The van der Waals surface area contributed by atoms with Crippen LogP contribution in [-0.2, 0) is 4.79 Å². The van der Waals surface area contributed by atoms with Gasteiger partial charge in [-0.2, -0.15) is 0 Å². The van der Waals surface area contributed by atoms with E-state index in [0.717, 1.165) is 19.4 Å². The molecule has 1 saturated heterocycles. The molecular formula is C12H18N2OS. The van der Waals surface area contributed by atoms with Crippen molar-refractivity contribution in [1.29, 1.82) is 0 Å². The number of rotatable bonds is 3. The summed E-state index contributed by atoms with van der Waals surface area (Å²) in [6.45, 7) is 5.05. The van der Waals surface area contributed by atoms with E-state index in [-0.39, 0.29) is 18.0 Å². The van der Waals surface area contributed by atoms with Crippen molar-refractivity contribution in [3.8, 4) is 0 Å². The highest BCUT2D eigenvalue weighted by Gasteiger charge is 2.23. The van der Waals surface area contributed by atoms with Gasteiger partial charge in [-0.3, -0.25) is 10.1 Å². The van der Waals surface area contributed by atoms with Crippen LogP contribution >= 0.6 is 11.3 Å². The maximum Gasteiger partial charge on any atom is 0.237 e. The Morgan fingerprint density at radius 1 is 1.56 bits per heavy atom. The Morgan fingerprint density at radius 3 is 3.00 bits per heavy atom. The summed E-state index contributed by atoms with van der Waals surface area (Å²) in [5.74, 6) is 0.145. The lowest BCUT2D eigenvalue weighted by Gasteiger charge is -2.25. The molecule has 0 saturated carbocycles. The van der Waals surface area contributed by atoms with Crippen molar-refractivity contribution < 1.29 is 4.79 Å². The summed E-state index contributed by atoms with van der Waals surface area (Å²) in [5, 5.41) is 6.29. The number of thiophene rings is 1. The zero-order chi connectivity index (χ0) is 11.5. The number of carbonyl (C=O) groups excluding carboxylic acids is 1. The normalized spacial score (nSPS) is 22.9. The van der Waals surface area contributed by atoms with E-state index in [0.29, 0.717) is 0 Å². The second kappa shape index (κ2) is 4.97. The van der Waals surface area contributed by atoms with Crippen LogP contribution in [-0.4, -0.2) is 18.5 Å². The van der Waals surface area contributed by atoms with Crippen LogP contribution < -0.4 is 10.6 Å². The fourth-order valence-corrected chi connectivity index (χ4v) is 2.89. The maximum absolute atomic E-state index is 11.6. The predicted molar refractivity (Wildman–Crippen MR) is 66.6 cm³/mol. The van der Waals surface area contributed by atoms with Gasteiger partial charge in [0.1, 0.15) is 0 Å². The van der Waals surface area contributed by atoms with E-state index in [1.54, 1.807) is 11.3 Å². The number of nitrogens with one attached hydrogen (secondary N) is 2. The predicted octanol–water partition coefficient (Wildman–Crippen LogP) is 1.99. The molecule has 0 bridgehead atoms. The van der Waals surface area contributed by atoms with E-state index in [9.17, 15) is 4.79 Å². The SMILES string of the molecule is Cc1ccc(C(C)NC2CCCNC2=O)s1. The lowest BCUT2D eigenvalue weighted by Crippen LogP contribution is -2.48. The zero-order valence-corrected chi connectivity index (χ0v) is 10.6. The van der Waals surface area contributed by atoms with Gasteiger partial charge in [-0.25, -0.2) is 0 Å². The van der Waals surface area contributed by atoms with Crippen molar-refractivity contribution in [3.05, 3.63) is 21.9 Å². The first-order valence-electron chi connectivity index (χ1n) is 5.77. The highest BCUT2D eigenvalue weighted by Crippen LogP contribution is 2.23. The van der Waals surface area contributed by atoms with Crippen LogP contribution in [0.1, 0.15) is 35.6 Å². The molecule has 4 heteroatoms. The standard InChI is InChI=1S/C12H18N2OS/c1-8-5-6-11(16-8)9(2)14-10-4-3-7-13-12(10)15/h5-6,9-10,14H,3-4,7H2,1-2H3,(H,13,15). The Balaban J connectivity index is 1.96. The largest absolute Gasteiger partial charge is 0.355 e. The first kappa shape index (κ1) is 11.6. The molecule has 1 aliphatic rings. The summed E-state index contributed by atoms with van der Waals surface area (Å²) < 4.78 is 0. The first-order valence-corrected chi connectivity index (χ1v) is 6.58. The summed E-state index contributed by atoms with van der Waals surface area (Å²) in [7, 11) is 0. The second-order valence-corrected chi connectivity index (χ2v) is 5.64. The number of hydrogen-bond acceptors (Lipinski definition) is 3. The van der Waals surface area contributed by atoms with Crippen LogP contribution in [0.25, 0.3) is 0 Å². The Hall–Kier alpha value is -0.870. The molecule has 2 N–H and O–H groups in total. The fourth-order valence-electron chi connectivity index (χ4n) is 2.00. The minimum atomic E-state index is -0.0221. The molecule has 1 fully saturated rings. The van der Waals surface area contributed by atoms with E-state index in [1.807, 2.05) is 0 Å². The van der Waals surface area contributed by atoms with Crippen LogP contribution in [0.2, 0.25) is 0 Å². The molecule has 88 valence electrons. The van der Waals surface area contributed by atoms with Crippen molar-refractivity contribution in [2.45, 2.75) is 38.8 Å². The molecule has 0 aliphatic carbocycles. The van der Waals surface area contributed by atoms with Gasteiger partial charge in [-0.15, -0.1) is 11.3 Å². The number of carbonyl (C=O) groups is 1. The molecule has 2 rings (SSSR count). The topological polar surface area (TPSA) is 41.1 Å². The highest BCUT2D eigenvalue weighted by molar-refractivity contribution is 7.12. The van der Waals surface area contributed by atoms with Gasteiger partial charge in [0.25, 0.3) is 0 Å². The number of amides is 1. The molecule has 2 unspecified atom stereocenters. The Morgan fingerprint density at radius 2 is 2.38 bits per heavy atom. The Bertz CT molecular complexity index is 375. The van der Waals surface area contributed by atoms with Crippen LogP contribution in [0.4, 0.5) is 0 Å². The van der Waals surface area contributed by atoms with Crippen LogP contribution in [0, 0.1) is 6.92 Å². The molecule has 1 aromatic rings. The van der Waals surface area contributed by atoms with Gasteiger partial charge in [-0.05, 0) is 38.8 Å². The maximum atomic E-state index is 11.6. The highest BCUT2D eigenvalue weighted by atomic mass is 32.1. The Kier molecular flexibility index (Phi) is 3.61. The van der Waals surface area contributed by atoms with Crippen molar-refractivity contribution in [1.82, 2.24) is 10.6 Å². The zero-order valence-electron chi connectivity index (χ0n) is 9.75. The van der Waals surface area contributed by atoms with Gasteiger partial charge in [0.2, 0.25) is 5.91 Å². The number of hydrogen-bond donors (Lipinski definition) is 2. The molecule has 3 nitrogen and oxygen atoms in total. The summed E-state index contributed by atoms with van der Waals surface area (Å²) in [6.07, 6.45) is 2.01. The molecule has 0 aromatic carbocycles. The summed E-state index contributed by atoms with van der Waals surface area (Å²) in [5.41, 5.74) is 0. The number of aryl methyl sites for hydroxylation is 1. The first-order chi connectivity index (χ1) is 7.66. The van der Waals surface area contributed by atoms with Crippen LogP contribution in [0.3, 0.4) is 0 Å². The molecular weight excluding hydrogens is 220 g/mol. The third-order valence-electron chi connectivity index (χ3n) is 2.92. The van der Waals surface area contributed by atoms with E-state index >= 15 is 0 Å². The van der Waals surface area contributed by atoms with E-state index in [1.165, 1.54) is 9.75 Å². The molecule has 0 spiro atoms. The van der Waals surface area contributed by atoms with Crippen molar-refractivity contribution in [2.24, 2.45) is 0 Å². The van der Waals surface area contributed by atoms with Gasteiger partial charge in [0.15, 0.2) is 0 Å². The summed E-state index contributed by atoms with van der Waals surface area (Å²) in [4.78, 5) is 14.2. The minimum Gasteiger partial charge on any atom is -0.355 e. The average Bonchev–Trinajstić information content (AvgIpc) is 2.68. The second-order valence-electron chi connectivity index (χ2n) is 4.32. The molecule has 1 aliphatic heterocycles. The average molecular weight is 238 g/mol. The van der Waals surface area contributed by atoms with Crippen molar-refractivity contribution in [2.75, 3.05) is 6.54 Å². The third-order valence-corrected chi connectivity index (χ3v) is 4.11. The molecule has 1 aromatic heterocycles. The van der Waals surface area contributed by atoms with Gasteiger partial charge in [-0.1, -0.05) is 0 Å². The molecule has 16 heavy (non-hydrogen) atoms. The molecule has 2 atom stereocenters. The summed E-state index contributed by atoms with van der Waals surface area (Å²) in [6, 6.07) is 4.50. The lowest BCUT2D eigenvalue weighted by atomic mass is 10.1. The van der Waals surface area contributed by atoms with Crippen LogP contribution in [0.5, 0.6) is 0 Å². The van der Waals surface area contributed by atoms with Crippen molar-refractivity contribution >= 4 is 17.2 Å². The van der Waals surface area contributed by atoms with E-state index < -0.39 is 0 Å². The molecule has 0 radical (unpaired) electrons. The van der Waals surface area contributed by atoms with E-state index in [2.05, 4.69) is 36.6 Å². The smallest absolute Gasteiger partial charge is 0.237 e.